The number of hydrogen-bond donors (Lipinski definition) is 1. The van der Waals surface area contributed by atoms with Crippen molar-refractivity contribution in [1.82, 2.24) is 9.80 Å². The molecule has 154 valence electrons. The summed E-state index contributed by atoms with van der Waals surface area (Å²) >= 11 is 0. The number of amides is 1. The molecule has 0 spiro atoms. The average Bonchev–Trinajstić information content (AvgIpc) is 3.09. The smallest absolute Gasteiger partial charge is 0.415 e. The van der Waals surface area contributed by atoms with Gasteiger partial charge in [0.1, 0.15) is 11.8 Å². The van der Waals surface area contributed by atoms with Crippen LogP contribution in [0.4, 0.5) is 4.79 Å². The van der Waals surface area contributed by atoms with Crippen molar-refractivity contribution in [3.8, 4) is 5.75 Å². The zero-order valence-electron chi connectivity index (χ0n) is 17.0. The fraction of sp³-hybridized carbons (Fsp3) is 0.636. The lowest BCUT2D eigenvalue weighted by atomic mass is 9.74. The summed E-state index contributed by atoms with van der Waals surface area (Å²) in [6.07, 6.45) is 5.19. The van der Waals surface area contributed by atoms with Crippen molar-refractivity contribution in [1.29, 1.82) is 0 Å². The van der Waals surface area contributed by atoms with Crippen LogP contribution in [0.1, 0.15) is 57.9 Å². The van der Waals surface area contributed by atoms with Crippen molar-refractivity contribution in [2.75, 3.05) is 26.2 Å². The highest BCUT2D eigenvalue weighted by Crippen LogP contribution is 2.38. The topological polar surface area (TPSA) is 70.1 Å². The number of nitrogens with zero attached hydrogens (tertiary/aromatic N) is 2. The molecular formula is C22H32N2O4. The molecule has 0 radical (unpaired) electrons. The maximum absolute atomic E-state index is 12.6. The van der Waals surface area contributed by atoms with Crippen molar-refractivity contribution >= 4 is 12.1 Å². The molecule has 2 heterocycles. The Morgan fingerprint density at radius 3 is 2.75 bits per heavy atom. The lowest BCUT2D eigenvalue weighted by Gasteiger charge is -2.36. The van der Waals surface area contributed by atoms with E-state index in [0.29, 0.717) is 25.1 Å². The molecule has 6 nitrogen and oxygen atoms in total. The minimum atomic E-state index is -0.966. The van der Waals surface area contributed by atoms with Gasteiger partial charge in [-0.2, -0.15) is 0 Å². The van der Waals surface area contributed by atoms with Gasteiger partial charge in [-0.15, -0.1) is 0 Å². The summed E-state index contributed by atoms with van der Waals surface area (Å²) in [6.45, 7) is 8.07. The van der Waals surface area contributed by atoms with Gasteiger partial charge in [-0.3, -0.25) is 4.90 Å². The third kappa shape index (κ3) is 4.32. The highest BCUT2D eigenvalue weighted by Gasteiger charge is 2.36. The van der Waals surface area contributed by atoms with E-state index in [-0.39, 0.29) is 5.41 Å². The molecule has 2 fully saturated rings. The molecule has 0 aliphatic carbocycles. The number of hydrogen-bond acceptors (Lipinski definition) is 4. The van der Waals surface area contributed by atoms with E-state index in [2.05, 4.69) is 24.8 Å². The predicted molar refractivity (Wildman–Crippen MR) is 108 cm³/mol. The lowest BCUT2D eigenvalue weighted by molar-refractivity contribution is -0.141. The molecule has 0 aromatic heterocycles. The summed E-state index contributed by atoms with van der Waals surface area (Å²) in [6, 6.07) is 7.06. The highest BCUT2D eigenvalue weighted by atomic mass is 16.6. The van der Waals surface area contributed by atoms with E-state index in [9.17, 15) is 14.7 Å². The summed E-state index contributed by atoms with van der Waals surface area (Å²) in [5.74, 6) is -0.468. The van der Waals surface area contributed by atoms with Gasteiger partial charge in [-0.05, 0) is 62.9 Å². The molecule has 2 unspecified atom stereocenters. The van der Waals surface area contributed by atoms with Gasteiger partial charge in [0.05, 0.1) is 0 Å². The normalized spacial score (nSPS) is 26.1. The molecule has 2 saturated heterocycles. The Hall–Kier alpha value is -2.08. The number of ether oxygens (including phenoxy) is 1. The van der Waals surface area contributed by atoms with Crippen molar-refractivity contribution in [2.45, 2.75) is 63.8 Å². The van der Waals surface area contributed by atoms with Crippen LogP contribution in [0.3, 0.4) is 0 Å². The molecule has 2 aliphatic rings. The maximum Gasteiger partial charge on any atom is 0.415 e. The first kappa shape index (κ1) is 20.6. The number of benzene rings is 1. The van der Waals surface area contributed by atoms with Gasteiger partial charge in [-0.25, -0.2) is 9.59 Å². The van der Waals surface area contributed by atoms with Crippen molar-refractivity contribution < 1.29 is 19.4 Å². The Balaban J connectivity index is 1.79. The third-order valence-corrected chi connectivity index (χ3v) is 6.45. The van der Waals surface area contributed by atoms with E-state index in [1.54, 1.807) is 6.07 Å². The van der Waals surface area contributed by atoms with E-state index in [1.165, 1.54) is 23.3 Å². The second-order valence-corrected chi connectivity index (χ2v) is 8.05. The molecule has 0 bridgehead atoms. The van der Waals surface area contributed by atoms with Crippen LogP contribution in [-0.2, 0) is 10.2 Å². The van der Waals surface area contributed by atoms with Gasteiger partial charge < -0.3 is 14.7 Å². The van der Waals surface area contributed by atoms with Crippen LogP contribution >= 0.6 is 0 Å². The summed E-state index contributed by atoms with van der Waals surface area (Å²) in [5.41, 5.74) is 1.27. The molecule has 1 aromatic carbocycles. The zero-order valence-corrected chi connectivity index (χ0v) is 17.0. The van der Waals surface area contributed by atoms with Crippen LogP contribution in [0.5, 0.6) is 5.75 Å². The Bertz CT molecular complexity index is 708. The van der Waals surface area contributed by atoms with Gasteiger partial charge in [0.15, 0.2) is 0 Å². The Labute approximate surface area is 167 Å². The van der Waals surface area contributed by atoms with E-state index >= 15 is 0 Å². The van der Waals surface area contributed by atoms with Gasteiger partial charge in [0, 0.05) is 18.5 Å². The molecule has 1 N–H and O–H groups in total. The van der Waals surface area contributed by atoms with Gasteiger partial charge >= 0.3 is 12.1 Å². The first-order valence-electron chi connectivity index (χ1n) is 10.5. The number of carboxylic acids is 1. The van der Waals surface area contributed by atoms with Crippen molar-refractivity contribution in [3.05, 3.63) is 29.8 Å². The van der Waals surface area contributed by atoms with Crippen LogP contribution in [0.25, 0.3) is 0 Å². The molecule has 1 amide bonds. The minimum Gasteiger partial charge on any atom is -0.480 e. The predicted octanol–water partition coefficient (Wildman–Crippen LogP) is 3.89. The molecule has 0 saturated carbocycles. The summed E-state index contributed by atoms with van der Waals surface area (Å²) in [4.78, 5) is 27.7. The second-order valence-electron chi connectivity index (χ2n) is 8.05. The minimum absolute atomic E-state index is 0.0617. The van der Waals surface area contributed by atoms with Crippen molar-refractivity contribution in [3.63, 3.8) is 0 Å². The van der Waals surface area contributed by atoms with E-state index < -0.39 is 18.1 Å². The first-order valence-corrected chi connectivity index (χ1v) is 10.5. The van der Waals surface area contributed by atoms with Crippen molar-refractivity contribution in [2.24, 2.45) is 0 Å². The van der Waals surface area contributed by atoms with Gasteiger partial charge in [-0.1, -0.05) is 32.4 Å². The largest absolute Gasteiger partial charge is 0.480 e. The summed E-state index contributed by atoms with van der Waals surface area (Å²) in [7, 11) is 0. The van der Waals surface area contributed by atoms with E-state index in [1.807, 2.05) is 12.1 Å². The first-order chi connectivity index (χ1) is 13.5. The van der Waals surface area contributed by atoms with Crippen LogP contribution in [-0.4, -0.2) is 59.2 Å². The fourth-order valence-corrected chi connectivity index (χ4v) is 4.67. The monoisotopic (exact) mass is 388 g/mol. The zero-order chi connectivity index (χ0) is 20.1. The molecule has 28 heavy (non-hydrogen) atoms. The lowest BCUT2D eigenvalue weighted by Crippen LogP contribution is -2.42. The average molecular weight is 389 g/mol. The number of likely N-dealkylation sites (tertiary alicyclic amines) is 2. The number of likely N-dealkylation sites (N-methyl/N-ethyl adjacent to an activating group) is 1. The second kappa shape index (κ2) is 8.95. The number of rotatable bonds is 5. The highest BCUT2D eigenvalue weighted by molar-refractivity contribution is 5.81. The van der Waals surface area contributed by atoms with Crippen LogP contribution in [0.2, 0.25) is 0 Å². The van der Waals surface area contributed by atoms with Crippen LogP contribution in [0, 0.1) is 0 Å². The molecule has 3 rings (SSSR count). The molecule has 6 heteroatoms. The Kier molecular flexibility index (Phi) is 6.60. The summed E-state index contributed by atoms with van der Waals surface area (Å²) in [5, 5.41) is 9.30. The summed E-state index contributed by atoms with van der Waals surface area (Å²) < 4.78 is 5.59. The Morgan fingerprint density at radius 1 is 1.21 bits per heavy atom. The molecule has 2 aliphatic heterocycles. The van der Waals surface area contributed by atoms with Crippen LogP contribution in [0.15, 0.2) is 24.3 Å². The van der Waals surface area contributed by atoms with E-state index in [0.717, 1.165) is 32.5 Å². The maximum atomic E-state index is 12.6. The number of carboxylic acid groups (broad SMARTS) is 1. The van der Waals surface area contributed by atoms with Gasteiger partial charge in [0.2, 0.25) is 0 Å². The fourth-order valence-electron chi connectivity index (χ4n) is 4.67. The number of carbonyl (C=O) groups is 2. The van der Waals surface area contributed by atoms with E-state index in [4.69, 9.17) is 4.74 Å². The standard InChI is InChI=1S/C22H32N2O4/c1-3-22(12-5-6-13-23(4-2)16-22)17-9-7-10-18(15-17)28-21(27)24-14-8-11-19(24)20(25)26/h7,9-10,15,19H,3-6,8,11-14,16H2,1-2H3,(H,25,26). The quantitative estimate of drug-likeness (QED) is 0.829. The molecular weight excluding hydrogens is 356 g/mol. The third-order valence-electron chi connectivity index (χ3n) is 6.45. The molecule has 2 atom stereocenters. The van der Waals surface area contributed by atoms with Crippen LogP contribution < -0.4 is 4.74 Å². The number of carbonyl (C=O) groups excluding carboxylic acids is 1. The Morgan fingerprint density at radius 2 is 2.04 bits per heavy atom. The number of aliphatic carboxylic acids is 1. The van der Waals surface area contributed by atoms with Gasteiger partial charge in [0.25, 0.3) is 0 Å². The molecule has 1 aromatic rings. The SMILES string of the molecule is CCN1CCCCC(CC)(c2cccc(OC(=O)N3CCCC3C(=O)O)c2)C1.